The molecule has 0 saturated heterocycles. The Balaban J connectivity index is 1.51. The van der Waals surface area contributed by atoms with Crippen LogP contribution in [-0.4, -0.2) is 0 Å². The van der Waals surface area contributed by atoms with Crippen LogP contribution in [0.5, 0.6) is 0 Å². The molecule has 7 aliphatic carbocycles. The van der Waals surface area contributed by atoms with Crippen molar-refractivity contribution in [1.82, 2.24) is 0 Å². The van der Waals surface area contributed by atoms with Crippen molar-refractivity contribution in [1.29, 1.82) is 0 Å². The lowest BCUT2D eigenvalue weighted by Crippen LogP contribution is -2.88. The minimum absolute atomic E-state index is 0.788. The number of rotatable bonds is 0. The predicted octanol–water partition coefficient (Wildman–Crippen LogP) is 4.99. The lowest BCUT2D eigenvalue weighted by molar-refractivity contribution is -0.452. The molecule has 7 saturated carbocycles. The minimum Gasteiger partial charge on any atom is -0.0622 e. The van der Waals surface area contributed by atoms with Gasteiger partial charge in [0.1, 0.15) is 0 Å². The van der Waals surface area contributed by atoms with Crippen molar-refractivity contribution in [2.75, 3.05) is 0 Å². The molecule has 21 heavy (non-hydrogen) atoms. The third kappa shape index (κ3) is 0.661. The zero-order valence-corrected chi connectivity index (χ0v) is 14.2. The molecule has 114 valence electrons. The molecule has 0 aromatic heterocycles. The van der Waals surface area contributed by atoms with Crippen molar-refractivity contribution in [3.63, 3.8) is 0 Å². The highest BCUT2D eigenvalue weighted by atomic mass is 15.0. The Morgan fingerprint density at radius 1 is 0.952 bits per heavy atom. The Kier molecular flexibility index (Phi) is 1.41. The van der Waals surface area contributed by atoms with E-state index in [0.29, 0.717) is 0 Å². The van der Waals surface area contributed by atoms with Crippen LogP contribution in [0.3, 0.4) is 0 Å². The maximum Gasteiger partial charge on any atom is -0.0142 e. The van der Waals surface area contributed by atoms with Crippen molar-refractivity contribution < 1.29 is 0 Å². The normalized spacial score (nSPS) is 84.0. The van der Waals surface area contributed by atoms with Crippen molar-refractivity contribution >= 4 is 0 Å². The van der Waals surface area contributed by atoms with Crippen molar-refractivity contribution in [2.24, 2.45) is 69.0 Å². The van der Waals surface area contributed by atoms with E-state index >= 15 is 0 Å². The molecule has 0 radical (unpaired) electrons. The summed E-state index contributed by atoms with van der Waals surface area (Å²) in [6.07, 6.45) is 8.15. The van der Waals surface area contributed by atoms with Crippen LogP contribution < -0.4 is 0 Å². The van der Waals surface area contributed by atoms with Crippen molar-refractivity contribution in [2.45, 2.75) is 59.8 Å². The molecular weight excluding hydrogens is 252 g/mol. The molecular formula is C21H30. The van der Waals surface area contributed by atoms with Gasteiger partial charge in [-0.3, -0.25) is 0 Å². The average molecular weight is 282 g/mol. The van der Waals surface area contributed by atoms with E-state index in [1.165, 1.54) is 5.92 Å². The van der Waals surface area contributed by atoms with Gasteiger partial charge in [-0.1, -0.05) is 27.7 Å². The van der Waals surface area contributed by atoms with Gasteiger partial charge in [0.05, 0.1) is 0 Å². The summed E-state index contributed by atoms with van der Waals surface area (Å²) in [7, 11) is 0. The van der Waals surface area contributed by atoms with Crippen molar-refractivity contribution in [3.05, 3.63) is 0 Å². The average Bonchev–Trinajstić information content (AvgIpc) is 3.02. The lowest BCUT2D eigenvalue weighted by atomic mass is 9.12. The summed E-state index contributed by atoms with van der Waals surface area (Å²) >= 11 is 0. The zero-order valence-electron chi connectivity index (χ0n) is 14.2. The zero-order chi connectivity index (χ0) is 14.2. The first-order chi connectivity index (χ1) is 9.93. The fourth-order valence-corrected chi connectivity index (χ4v) is 12.2. The van der Waals surface area contributed by atoms with E-state index in [4.69, 9.17) is 0 Å². The summed E-state index contributed by atoms with van der Waals surface area (Å²) in [6.45, 7) is 10.8. The van der Waals surface area contributed by atoms with Gasteiger partial charge < -0.3 is 0 Å². The van der Waals surface area contributed by atoms with Crippen LogP contribution in [0.15, 0.2) is 0 Å². The first kappa shape index (κ1) is 11.5. The molecule has 2 spiro atoms. The Hall–Kier alpha value is 0. The number of hydrogen-bond donors (Lipinski definition) is 0. The standard InChI is InChI=1S/C21H30/c1-10-5-12-6-14(10)17-20-8-13-7-15(18(13,3)9-20)16-11(2)21(12,17)19(16,20)4/h10-17H,5-9H2,1-4H3. The first-order valence-corrected chi connectivity index (χ1v) is 9.93. The van der Waals surface area contributed by atoms with E-state index in [9.17, 15) is 0 Å². The van der Waals surface area contributed by atoms with Crippen LogP contribution in [0.4, 0.5) is 0 Å². The molecule has 0 heteroatoms. The monoisotopic (exact) mass is 282 g/mol. The van der Waals surface area contributed by atoms with Crippen LogP contribution >= 0.6 is 0 Å². The Morgan fingerprint density at radius 3 is 2.57 bits per heavy atom. The molecule has 4 bridgehead atoms. The Bertz CT molecular complexity index is 607. The maximum absolute atomic E-state index is 2.82. The minimum atomic E-state index is 0.788. The third-order valence-electron chi connectivity index (χ3n) is 12.1. The molecule has 7 rings (SSSR count). The van der Waals surface area contributed by atoms with Crippen LogP contribution in [-0.2, 0) is 0 Å². The van der Waals surface area contributed by atoms with E-state index in [2.05, 4.69) is 27.7 Å². The lowest BCUT2D eigenvalue weighted by Gasteiger charge is -2.92. The quantitative estimate of drug-likeness (QED) is 0.587. The summed E-state index contributed by atoms with van der Waals surface area (Å²) in [4.78, 5) is 0. The van der Waals surface area contributed by atoms with E-state index in [-0.39, 0.29) is 0 Å². The van der Waals surface area contributed by atoms with Crippen LogP contribution in [0.2, 0.25) is 0 Å². The van der Waals surface area contributed by atoms with E-state index in [1.54, 1.807) is 32.1 Å². The predicted molar refractivity (Wildman–Crippen MR) is 83.4 cm³/mol. The molecule has 0 nitrogen and oxygen atoms in total. The summed E-state index contributed by atoms with van der Waals surface area (Å²) in [5, 5.41) is 0. The highest BCUT2D eigenvalue weighted by molar-refractivity contribution is 5.45. The van der Waals surface area contributed by atoms with Gasteiger partial charge in [-0.15, -0.1) is 0 Å². The van der Waals surface area contributed by atoms with Gasteiger partial charge in [0.15, 0.2) is 0 Å². The van der Waals surface area contributed by atoms with Gasteiger partial charge in [0.2, 0.25) is 0 Å². The molecule has 7 fully saturated rings. The van der Waals surface area contributed by atoms with E-state index in [1.807, 2.05) is 0 Å². The fourth-order valence-electron chi connectivity index (χ4n) is 12.2. The van der Waals surface area contributed by atoms with E-state index in [0.717, 1.165) is 63.1 Å². The highest BCUT2D eigenvalue weighted by Crippen LogP contribution is 3.03. The van der Waals surface area contributed by atoms with Gasteiger partial charge >= 0.3 is 0 Å². The first-order valence-electron chi connectivity index (χ1n) is 9.93. The smallest absolute Gasteiger partial charge is 0.0142 e. The van der Waals surface area contributed by atoms with Crippen molar-refractivity contribution in [3.8, 4) is 0 Å². The number of hydrogen-bond acceptors (Lipinski definition) is 0. The molecule has 0 aromatic carbocycles. The van der Waals surface area contributed by atoms with Crippen LogP contribution in [0, 0.1) is 69.0 Å². The molecule has 0 heterocycles. The van der Waals surface area contributed by atoms with Crippen LogP contribution in [0.1, 0.15) is 59.8 Å². The summed E-state index contributed by atoms with van der Waals surface area (Å²) in [5.41, 5.74) is 3.24. The molecule has 0 N–H and O–H groups in total. The van der Waals surface area contributed by atoms with Gasteiger partial charge in [-0.25, -0.2) is 0 Å². The second-order valence-corrected chi connectivity index (χ2v) is 11.3. The molecule has 0 amide bonds. The third-order valence-corrected chi connectivity index (χ3v) is 12.1. The van der Waals surface area contributed by atoms with E-state index < -0.39 is 0 Å². The SMILES string of the molecule is CC1CC2CC1C1C34CC5CC(C6C(C)C21C63C)C5(C)C4. The molecule has 12 atom stereocenters. The molecule has 12 unspecified atom stereocenters. The van der Waals surface area contributed by atoms with Gasteiger partial charge in [0.25, 0.3) is 0 Å². The Labute approximate surface area is 129 Å². The number of fused-ring (bicyclic) bond motifs is 4. The largest absolute Gasteiger partial charge is 0.0622 e. The topological polar surface area (TPSA) is 0 Å². The van der Waals surface area contributed by atoms with Crippen LogP contribution in [0.25, 0.3) is 0 Å². The van der Waals surface area contributed by atoms with Gasteiger partial charge in [0, 0.05) is 0 Å². The molecule has 0 aliphatic heterocycles. The second kappa shape index (κ2) is 2.57. The highest BCUT2D eigenvalue weighted by Gasteiger charge is 2.98. The Morgan fingerprint density at radius 2 is 1.76 bits per heavy atom. The fraction of sp³-hybridized carbons (Fsp3) is 1.00. The van der Waals surface area contributed by atoms with Gasteiger partial charge in [-0.2, -0.15) is 0 Å². The maximum atomic E-state index is 2.82. The second-order valence-electron chi connectivity index (χ2n) is 11.3. The summed E-state index contributed by atoms with van der Waals surface area (Å²) < 4.78 is 0. The van der Waals surface area contributed by atoms with Gasteiger partial charge in [-0.05, 0) is 101 Å². The molecule has 7 aliphatic rings. The summed E-state index contributed by atoms with van der Waals surface area (Å²) in [6, 6.07) is 0. The molecule has 0 aromatic rings. The summed E-state index contributed by atoms with van der Waals surface area (Å²) in [5.74, 6) is 8.94.